The molecular formula is C15H22N2O3. The van der Waals surface area contributed by atoms with Gasteiger partial charge in [-0.3, -0.25) is 0 Å². The second kappa shape index (κ2) is 6.22. The third-order valence-electron chi connectivity index (χ3n) is 3.83. The van der Waals surface area contributed by atoms with Gasteiger partial charge in [-0.1, -0.05) is 25.7 Å². The lowest BCUT2D eigenvalue weighted by Gasteiger charge is -2.27. The van der Waals surface area contributed by atoms with Crippen molar-refractivity contribution in [3.05, 3.63) is 23.4 Å². The van der Waals surface area contributed by atoms with Gasteiger partial charge in [-0.15, -0.1) is 0 Å². The number of hydrogen-bond donors (Lipinski definition) is 3. The summed E-state index contributed by atoms with van der Waals surface area (Å²) in [6, 6.07) is 3.04. The topological polar surface area (TPSA) is 82.5 Å². The van der Waals surface area contributed by atoms with Crippen LogP contribution >= 0.6 is 0 Å². The lowest BCUT2D eigenvalue weighted by atomic mass is 9.94. The molecule has 0 radical (unpaired) electrons. The predicted octanol–water partition coefficient (Wildman–Crippen LogP) is 2.59. The number of nitrogens with zero attached hydrogens (tertiary/aromatic N) is 1. The van der Waals surface area contributed by atoms with Crippen LogP contribution in [-0.4, -0.2) is 33.3 Å². The summed E-state index contributed by atoms with van der Waals surface area (Å²) >= 11 is 0. The molecule has 0 atom stereocenters. The van der Waals surface area contributed by atoms with Crippen molar-refractivity contribution in [1.29, 1.82) is 0 Å². The van der Waals surface area contributed by atoms with Crippen LogP contribution in [0.5, 0.6) is 0 Å². The van der Waals surface area contributed by atoms with E-state index in [1.54, 1.807) is 6.92 Å². The smallest absolute Gasteiger partial charge is 0.335 e. The maximum atomic E-state index is 11.0. The molecule has 5 nitrogen and oxygen atoms in total. The molecule has 1 saturated carbocycles. The Morgan fingerprint density at radius 2 is 1.95 bits per heavy atom. The van der Waals surface area contributed by atoms with Crippen LogP contribution in [0.3, 0.4) is 0 Å². The summed E-state index contributed by atoms with van der Waals surface area (Å²) in [6.45, 7) is 2.18. The van der Waals surface area contributed by atoms with E-state index in [1.807, 2.05) is 0 Å². The fourth-order valence-corrected chi connectivity index (χ4v) is 2.70. The van der Waals surface area contributed by atoms with E-state index in [4.69, 9.17) is 5.11 Å². The van der Waals surface area contributed by atoms with E-state index >= 15 is 0 Å². The molecule has 0 amide bonds. The maximum Gasteiger partial charge on any atom is 0.335 e. The van der Waals surface area contributed by atoms with Gasteiger partial charge >= 0.3 is 5.97 Å². The highest BCUT2D eigenvalue weighted by molar-refractivity contribution is 5.88. The molecule has 1 heterocycles. The number of anilines is 1. The second-order valence-electron chi connectivity index (χ2n) is 5.68. The summed E-state index contributed by atoms with van der Waals surface area (Å²) in [6.07, 6.45) is 6.01. The van der Waals surface area contributed by atoms with Gasteiger partial charge in [0.2, 0.25) is 0 Å². The van der Waals surface area contributed by atoms with Gasteiger partial charge in [-0.2, -0.15) is 0 Å². The van der Waals surface area contributed by atoms with Gasteiger partial charge in [-0.25, -0.2) is 9.78 Å². The summed E-state index contributed by atoms with van der Waals surface area (Å²) in [7, 11) is 0. The minimum Gasteiger partial charge on any atom is -0.478 e. The molecule has 1 aliphatic rings. The Kier molecular flexibility index (Phi) is 4.60. The highest BCUT2D eigenvalue weighted by Crippen LogP contribution is 2.27. The summed E-state index contributed by atoms with van der Waals surface area (Å²) in [5.41, 5.74) is 0.166. The Bertz CT molecular complexity index is 480. The van der Waals surface area contributed by atoms with Crippen LogP contribution in [0.15, 0.2) is 12.1 Å². The van der Waals surface area contributed by atoms with Gasteiger partial charge in [0.05, 0.1) is 11.2 Å². The Morgan fingerprint density at radius 1 is 1.30 bits per heavy atom. The number of aryl methyl sites for hydroxylation is 1. The number of carboxylic acids is 1. The number of carboxylic acid groups (broad SMARTS) is 1. The molecule has 110 valence electrons. The van der Waals surface area contributed by atoms with E-state index < -0.39 is 11.6 Å². The van der Waals surface area contributed by atoms with Crippen LogP contribution in [-0.2, 0) is 0 Å². The molecule has 1 aromatic heterocycles. The number of rotatable bonds is 4. The summed E-state index contributed by atoms with van der Waals surface area (Å²) in [4.78, 5) is 15.3. The molecule has 0 bridgehead atoms. The van der Waals surface area contributed by atoms with E-state index in [0.29, 0.717) is 18.1 Å². The number of aromatic nitrogens is 1. The van der Waals surface area contributed by atoms with E-state index in [0.717, 1.165) is 25.7 Å². The molecule has 1 fully saturated rings. The first-order valence-corrected chi connectivity index (χ1v) is 7.17. The Labute approximate surface area is 119 Å². The van der Waals surface area contributed by atoms with Crippen molar-refractivity contribution in [2.75, 3.05) is 11.9 Å². The van der Waals surface area contributed by atoms with Crippen LogP contribution in [0.4, 0.5) is 5.82 Å². The fourth-order valence-electron chi connectivity index (χ4n) is 2.70. The molecule has 0 saturated heterocycles. The van der Waals surface area contributed by atoms with Gasteiger partial charge in [0.25, 0.3) is 0 Å². The molecule has 2 rings (SSSR count). The first-order valence-electron chi connectivity index (χ1n) is 7.17. The lowest BCUT2D eigenvalue weighted by molar-refractivity contribution is 0.0380. The van der Waals surface area contributed by atoms with E-state index in [9.17, 15) is 9.90 Å². The molecule has 20 heavy (non-hydrogen) atoms. The first-order chi connectivity index (χ1) is 9.48. The third-order valence-corrected chi connectivity index (χ3v) is 3.83. The van der Waals surface area contributed by atoms with E-state index in [1.165, 1.54) is 25.0 Å². The Balaban J connectivity index is 2.04. The highest BCUT2D eigenvalue weighted by Gasteiger charge is 2.27. The highest BCUT2D eigenvalue weighted by atomic mass is 16.4. The number of aliphatic hydroxyl groups is 1. The quantitative estimate of drug-likeness (QED) is 0.737. The zero-order chi connectivity index (χ0) is 14.6. The monoisotopic (exact) mass is 278 g/mol. The molecule has 1 aliphatic carbocycles. The third kappa shape index (κ3) is 3.93. The largest absolute Gasteiger partial charge is 0.478 e. The van der Waals surface area contributed by atoms with Crippen molar-refractivity contribution in [1.82, 2.24) is 4.98 Å². The number of aromatic carboxylic acids is 1. The van der Waals surface area contributed by atoms with Gasteiger partial charge in [0, 0.05) is 12.2 Å². The molecule has 1 aromatic rings. The van der Waals surface area contributed by atoms with Gasteiger partial charge in [0.15, 0.2) is 0 Å². The van der Waals surface area contributed by atoms with E-state index in [2.05, 4.69) is 10.3 Å². The molecule has 0 unspecified atom stereocenters. The van der Waals surface area contributed by atoms with Crippen LogP contribution in [0, 0.1) is 6.92 Å². The molecule has 0 aromatic carbocycles. The van der Waals surface area contributed by atoms with Crippen molar-refractivity contribution < 1.29 is 15.0 Å². The van der Waals surface area contributed by atoms with Crippen LogP contribution in [0.1, 0.15) is 54.6 Å². The minimum absolute atomic E-state index is 0.216. The molecule has 3 N–H and O–H groups in total. The lowest BCUT2D eigenvalue weighted by Crippen LogP contribution is -2.36. The molecule has 0 aliphatic heterocycles. The number of pyridine rings is 1. The number of hydrogen-bond acceptors (Lipinski definition) is 4. The van der Waals surface area contributed by atoms with Gasteiger partial charge < -0.3 is 15.5 Å². The van der Waals surface area contributed by atoms with Gasteiger partial charge in [0.1, 0.15) is 5.82 Å². The van der Waals surface area contributed by atoms with Crippen LogP contribution < -0.4 is 5.32 Å². The second-order valence-corrected chi connectivity index (χ2v) is 5.68. The average Bonchev–Trinajstić information content (AvgIpc) is 2.61. The first kappa shape index (κ1) is 14.8. The van der Waals surface area contributed by atoms with Crippen molar-refractivity contribution in [2.45, 2.75) is 51.0 Å². The number of carbonyl (C=O) groups is 1. The zero-order valence-corrected chi connectivity index (χ0v) is 11.9. The van der Waals surface area contributed by atoms with Gasteiger partial charge in [-0.05, 0) is 31.9 Å². The summed E-state index contributed by atoms with van der Waals surface area (Å²) in [5.74, 6) is -0.452. The minimum atomic E-state index is -0.966. The van der Waals surface area contributed by atoms with Crippen molar-refractivity contribution >= 4 is 11.8 Å². The standard InChI is InChI=1S/C15H22N2O3/c1-11-8-12(14(18)19)9-13(17-11)16-10-15(20)6-4-2-3-5-7-15/h8-9,20H,2-7,10H2,1H3,(H,16,17)(H,18,19). The zero-order valence-electron chi connectivity index (χ0n) is 11.9. The molecular weight excluding hydrogens is 256 g/mol. The SMILES string of the molecule is Cc1cc(C(=O)O)cc(NCC2(O)CCCCCC2)n1. The van der Waals surface area contributed by atoms with Crippen molar-refractivity contribution in [3.63, 3.8) is 0 Å². The average molecular weight is 278 g/mol. The molecule has 0 spiro atoms. The summed E-state index contributed by atoms with van der Waals surface area (Å²) < 4.78 is 0. The number of nitrogens with one attached hydrogen (secondary N) is 1. The Hall–Kier alpha value is -1.62. The van der Waals surface area contributed by atoms with Crippen molar-refractivity contribution in [3.8, 4) is 0 Å². The molecule has 5 heteroatoms. The fraction of sp³-hybridized carbons (Fsp3) is 0.600. The Morgan fingerprint density at radius 3 is 2.55 bits per heavy atom. The van der Waals surface area contributed by atoms with Crippen LogP contribution in [0.25, 0.3) is 0 Å². The predicted molar refractivity (Wildman–Crippen MR) is 77.1 cm³/mol. The van der Waals surface area contributed by atoms with Crippen molar-refractivity contribution in [2.24, 2.45) is 0 Å². The normalized spacial score (nSPS) is 18.3. The van der Waals surface area contributed by atoms with Crippen LogP contribution in [0.2, 0.25) is 0 Å². The summed E-state index contributed by atoms with van der Waals surface area (Å²) in [5, 5.41) is 22.7. The van der Waals surface area contributed by atoms with E-state index in [-0.39, 0.29) is 5.56 Å². The maximum absolute atomic E-state index is 11.0.